The highest BCUT2D eigenvalue weighted by Crippen LogP contribution is 2.44. The first-order valence-electron chi connectivity index (χ1n) is 10.9. The highest BCUT2D eigenvalue weighted by Gasteiger charge is 2.45. The van der Waals surface area contributed by atoms with Crippen molar-refractivity contribution in [3.63, 3.8) is 0 Å². The van der Waals surface area contributed by atoms with Gasteiger partial charge >= 0.3 is 0 Å². The number of nitrogens with zero attached hydrogens (tertiary/aromatic N) is 2. The number of fused-ring (bicyclic) bond motifs is 3. The van der Waals surface area contributed by atoms with Crippen LogP contribution in [-0.4, -0.2) is 18.0 Å². The van der Waals surface area contributed by atoms with E-state index in [1.807, 2.05) is 38.1 Å². The topological polar surface area (TPSA) is 72.6 Å². The van der Waals surface area contributed by atoms with Gasteiger partial charge in [-0.2, -0.15) is 0 Å². The van der Waals surface area contributed by atoms with Crippen LogP contribution in [0.4, 0.5) is 5.13 Å². The summed E-state index contributed by atoms with van der Waals surface area (Å²) in [7, 11) is 1.59. The minimum absolute atomic E-state index is 0.0590. The number of para-hydroxylation sites is 1. The van der Waals surface area contributed by atoms with E-state index < -0.39 is 6.04 Å². The van der Waals surface area contributed by atoms with Crippen LogP contribution in [0.2, 0.25) is 0 Å². The fraction of sp³-hybridized carbons (Fsp3) is 0.148. The summed E-state index contributed by atoms with van der Waals surface area (Å²) >= 11 is 1.43. The van der Waals surface area contributed by atoms with Crippen molar-refractivity contribution in [2.45, 2.75) is 19.9 Å². The number of hydrogen-bond acceptors (Lipinski definition) is 6. The molecule has 0 fully saturated rings. The van der Waals surface area contributed by atoms with Gasteiger partial charge in [0.25, 0.3) is 5.91 Å². The van der Waals surface area contributed by atoms with Crippen molar-refractivity contribution in [3.8, 4) is 5.75 Å². The van der Waals surface area contributed by atoms with Crippen LogP contribution < -0.4 is 15.1 Å². The highest BCUT2D eigenvalue weighted by molar-refractivity contribution is 7.22. The van der Waals surface area contributed by atoms with E-state index in [1.165, 1.54) is 11.3 Å². The summed E-state index contributed by atoms with van der Waals surface area (Å²) in [4.78, 5) is 33.9. The third-order valence-corrected chi connectivity index (χ3v) is 7.21. The summed E-state index contributed by atoms with van der Waals surface area (Å²) in [5.74, 6) is 0.321. The zero-order valence-electron chi connectivity index (χ0n) is 18.8. The van der Waals surface area contributed by atoms with Crippen molar-refractivity contribution in [2.75, 3.05) is 12.0 Å². The lowest BCUT2D eigenvalue weighted by Gasteiger charge is -2.22. The molecule has 6 rings (SSSR count). The molecule has 168 valence electrons. The van der Waals surface area contributed by atoms with Crippen molar-refractivity contribution in [1.29, 1.82) is 0 Å². The molecular formula is C27H20N2O4S. The molecule has 6 nitrogen and oxygen atoms in total. The molecule has 34 heavy (non-hydrogen) atoms. The number of rotatable bonds is 3. The summed E-state index contributed by atoms with van der Waals surface area (Å²) in [6.07, 6.45) is 0. The predicted octanol–water partition coefficient (Wildman–Crippen LogP) is 5.78. The summed E-state index contributed by atoms with van der Waals surface area (Å²) in [6, 6.07) is 17.9. The van der Waals surface area contributed by atoms with Gasteiger partial charge in [-0.1, -0.05) is 41.7 Å². The number of hydrogen-bond donors (Lipinski definition) is 0. The monoisotopic (exact) mass is 468 g/mol. The SMILES string of the molecule is COc1cccc([C@@H]2c3c(oc4ccccc4c3=O)C(=O)N2c2nc3c(C)cc(C)cc3s2)c1. The zero-order chi connectivity index (χ0) is 23.6. The maximum absolute atomic E-state index is 13.8. The van der Waals surface area contributed by atoms with Gasteiger partial charge in [0.1, 0.15) is 11.3 Å². The number of aromatic nitrogens is 1. The number of methoxy groups -OCH3 is 1. The molecule has 7 heteroatoms. The molecule has 0 saturated heterocycles. The fourth-order valence-corrected chi connectivity index (χ4v) is 5.87. The fourth-order valence-electron chi connectivity index (χ4n) is 4.71. The van der Waals surface area contributed by atoms with E-state index >= 15 is 0 Å². The van der Waals surface area contributed by atoms with Gasteiger partial charge in [0, 0.05) is 0 Å². The number of aryl methyl sites for hydroxylation is 2. The Kier molecular flexibility index (Phi) is 4.57. The smallest absolute Gasteiger partial charge is 0.297 e. The number of ether oxygens (including phenoxy) is 1. The van der Waals surface area contributed by atoms with Crippen LogP contribution >= 0.6 is 11.3 Å². The highest BCUT2D eigenvalue weighted by atomic mass is 32.1. The molecular weight excluding hydrogens is 448 g/mol. The molecule has 0 spiro atoms. The van der Waals surface area contributed by atoms with Crippen LogP contribution in [-0.2, 0) is 0 Å². The molecule has 0 bridgehead atoms. The number of amides is 1. The summed E-state index contributed by atoms with van der Waals surface area (Å²) in [6.45, 7) is 4.05. The summed E-state index contributed by atoms with van der Waals surface area (Å²) < 4.78 is 12.4. The Morgan fingerprint density at radius 3 is 2.68 bits per heavy atom. The van der Waals surface area contributed by atoms with E-state index in [-0.39, 0.29) is 17.1 Å². The van der Waals surface area contributed by atoms with Crippen molar-refractivity contribution >= 4 is 43.6 Å². The lowest BCUT2D eigenvalue weighted by Crippen LogP contribution is -2.29. The second-order valence-electron chi connectivity index (χ2n) is 8.45. The zero-order valence-corrected chi connectivity index (χ0v) is 19.6. The Balaban J connectivity index is 1.65. The number of carbonyl (C=O) groups excluding carboxylic acids is 1. The van der Waals surface area contributed by atoms with Crippen LogP contribution in [0, 0.1) is 13.8 Å². The van der Waals surface area contributed by atoms with E-state index in [1.54, 1.807) is 36.3 Å². The Morgan fingerprint density at radius 1 is 1.03 bits per heavy atom. The molecule has 0 N–H and O–H groups in total. The first-order valence-corrected chi connectivity index (χ1v) is 11.7. The molecule has 3 aromatic carbocycles. The third-order valence-electron chi connectivity index (χ3n) is 6.21. The lowest BCUT2D eigenvalue weighted by atomic mass is 9.98. The molecule has 2 aromatic heterocycles. The molecule has 1 aliphatic rings. The Morgan fingerprint density at radius 2 is 1.85 bits per heavy atom. The second-order valence-corrected chi connectivity index (χ2v) is 9.46. The second kappa shape index (κ2) is 7.53. The normalized spacial score (nSPS) is 15.3. The molecule has 1 aliphatic heterocycles. The molecule has 5 aromatic rings. The van der Waals surface area contributed by atoms with Crippen molar-refractivity contribution in [2.24, 2.45) is 0 Å². The summed E-state index contributed by atoms with van der Waals surface area (Å²) in [5, 5.41) is 0.968. The van der Waals surface area contributed by atoms with Crippen molar-refractivity contribution in [3.05, 3.63) is 98.9 Å². The first-order chi connectivity index (χ1) is 16.5. The number of benzene rings is 3. The average Bonchev–Trinajstić information content (AvgIpc) is 3.38. The van der Waals surface area contributed by atoms with Gasteiger partial charge in [-0.15, -0.1) is 0 Å². The average molecular weight is 469 g/mol. The Labute approximate surface area is 199 Å². The van der Waals surface area contributed by atoms with Gasteiger partial charge in [0.05, 0.1) is 34.3 Å². The molecule has 1 atom stereocenters. The van der Waals surface area contributed by atoms with Gasteiger partial charge in [-0.05, 0) is 60.9 Å². The number of carbonyl (C=O) groups is 1. The molecule has 0 saturated carbocycles. The van der Waals surface area contributed by atoms with E-state index in [9.17, 15) is 9.59 Å². The van der Waals surface area contributed by atoms with Crippen LogP contribution in [0.1, 0.15) is 38.9 Å². The van der Waals surface area contributed by atoms with E-state index in [0.717, 1.165) is 26.9 Å². The number of anilines is 1. The molecule has 0 radical (unpaired) electrons. The Hall–Kier alpha value is -3.97. The summed E-state index contributed by atoms with van der Waals surface area (Å²) in [5.41, 5.74) is 4.27. The van der Waals surface area contributed by atoms with Gasteiger partial charge in [-0.3, -0.25) is 14.5 Å². The van der Waals surface area contributed by atoms with Gasteiger partial charge < -0.3 is 9.15 Å². The van der Waals surface area contributed by atoms with Crippen molar-refractivity contribution in [1.82, 2.24) is 4.98 Å². The molecule has 0 unspecified atom stereocenters. The predicted molar refractivity (Wildman–Crippen MR) is 133 cm³/mol. The Bertz CT molecular complexity index is 1680. The number of thiazole rings is 1. The molecule has 0 aliphatic carbocycles. The van der Waals surface area contributed by atoms with Crippen LogP contribution in [0.15, 0.2) is 69.9 Å². The third kappa shape index (κ3) is 2.97. The standard InChI is InChI=1S/C27H20N2O4S/c1-14-11-15(2)22-20(12-14)34-27(28-22)29-23(16-7-6-8-17(13-16)32-3)21-24(30)18-9-4-5-10-19(18)33-25(21)26(29)31/h4-13,23H,1-3H3/t23-/m1/s1. The van der Waals surface area contributed by atoms with Crippen LogP contribution in [0.5, 0.6) is 5.75 Å². The quantitative estimate of drug-likeness (QED) is 0.336. The van der Waals surface area contributed by atoms with Gasteiger partial charge in [0.2, 0.25) is 5.76 Å². The minimum Gasteiger partial charge on any atom is -0.497 e. The van der Waals surface area contributed by atoms with Crippen molar-refractivity contribution < 1.29 is 13.9 Å². The van der Waals surface area contributed by atoms with Crippen LogP contribution in [0.3, 0.4) is 0 Å². The minimum atomic E-state index is -0.680. The van der Waals surface area contributed by atoms with E-state index in [2.05, 4.69) is 12.1 Å². The maximum Gasteiger partial charge on any atom is 0.297 e. The van der Waals surface area contributed by atoms with E-state index in [0.29, 0.717) is 27.4 Å². The van der Waals surface area contributed by atoms with Gasteiger partial charge in [0.15, 0.2) is 10.6 Å². The maximum atomic E-state index is 13.8. The molecule has 3 heterocycles. The van der Waals surface area contributed by atoms with Crippen LogP contribution in [0.25, 0.3) is 21.2 Å². The first kappa shape index (κ1) is 20.6. The van der Waals surface area contributed by atoms with E-state index in [4.69, 9.17) is 14.1 Å². The lowest BCUT2D eigenvalue weighted by molar-refractivity contribution is 0.0971. The van der Waals surface area contributed by atoms with Gasteiger partial charge in [-0.25, -0.2) is 4.98 Å². The molecule has 1 amide bonds. The largest absolute Gasteiger partial charge is 0.497 e.